The zero-order valence-corrected chi connectivity index (χ0v) is 15.1. The van der Waals surface area contributed by atoms with Gasteiger partial charge < -0.3 is 10.2 Å². The van der Waals surface area contributed by atoms with Crippen molar-refractivity contribution >= 4 is 11.8 Å². The lowest BCUT2D eigenvalue weighted by atomic mass is 10.2. The molecule has 5 nitrogen and oxygen atoms in total. The average molecular weight is 325 g/mol. The Kier molecular flexibility index (Phi) is 10.7. The molecular weight excluding hydrogens is 290 g/mol. The molecular formula is C18H35N3O2. The van der Waals surface area contributed by atoms with Crippen LogP contribution >= 0.6 is 0 Å². The van der Waals surface area contributed by atoms with Crippen LogP contribution in [-0.2, 0) is 9.59 Å². The highest BCUT2D eigenvalue weighted by molar-refractivity contribution is 5.76. The van der Waals surface area contributed by atoms with E-state index in [1.54, 1.807) is 0 Å². The summed E-state index contributed by atoms with van der Waals surface area (Å²) in [5, 5.41) is 3.00. The van der Waals surface area contributed by atoms with Gasteiger partial charge in [-0.1, -0.05) is 39.5 Å². The molecule has 134 valence electrons. The van der Waals surface area contributed by atoms with E-state index in [0.717, 1.165) is 77.8 Å². The zero-order chi connectivity index (χ0) is 16.9. The largest absolute Gasteiger partial charge is 0.355 e. The maximum absolute atomic E-state index is 12.1. The van der Waals surface area contributed by atoms with Gasteiger partial charge in [0.25, 0.3) is 0 Å². The Morgan fingerprint density at radius 1 is 0.870 bits per heavy atom. The molecule has 0 bridgehead atoms. The van der Waals surface area contributed by atoms with E-state index in [2.05, 4.69) is 24.1 Å². The van der Waals surface area contributed by atoms with Crippen LogP contribution in [0.15, 0.2) is 0 Å². The fraction of sp³-hybridized carbons (Fsp3) is 0.889. The lowest BCUT2D eigenvalue weighted by Crippen LogP contribution is -2.50. The lowest BCUT2D eigenvalue weighted by molar-refractivity contribution is -0.133. The molecule has 23 heavy (non-hydrogen) atoms. The molecule has 1 heterocycles. The highest BCUT2D eigenvalue weighted by Gasteiger charge is 2.20. The fourth-order valence-corrected chi connectivity index (χ4v) is 2.88. The number of rotatable bonds is 11. The van der Waals surface area contributed by atoms with Gasteiger partial charge in [0.1, 0.15) is 0 Å². The molecule has 2 amide bonds. The van der Waals surface area contributed by atoms with Crippen molar-refractivity contribution in [3.05, 3.63) is 0 Å². The Morgan fingerprint density at radius 3 is 2.09 bits per heavy atom. The maximum atomic E-state index is 12.1. The Balaban J connectivity index is 2.07. The van der Waals surface area contributed by atoms with E-state index >= 15 is 0 Å². The summed E-state index contributed by atoms with van der Waals surface area (Å²) in [5.41, 5.74) is 0. The van der Waals surface area contributed by atoms with Gasteiger partial charge in [0.2, 0.25) is 11.8 Å². The number of nitrogens with zero attached hydrogens (tertiary/aromatic N) is 2. The molecule has 1 rings (SSSR count). The number of hydrogen-bond acceptors (Lipinski definition) is 3. The van der Waals surface area contributed by atoms with Gasteiger partial charge in [0.15, 0.2) is 0 Å². The van der Waals surface area contributed by atoms with Crippen molar-refractivity contribution in [1.29, 1.82) is 0 Å². The number of nitrogens with one attached hydrogen (secondary N) is 1. The van der Waals surface area contributed by atoms with Crippen LogP contribution in [0.1, 0.15) is 65.2 Å². The fourth-order valence-electron chi connectivity index (χ4n) is 2.88. The summed E-state index contributed by atoms with van der Waals surface area (Å²) >= 11 is 0. The van der Waals surface area contributed by atoms with E-state index in [9.17, 15) is 9.59 Å². The van der Waals surface area contributed by atoms with E-state index in [4.69, 9.17) is 0 Å². The predicted molar refractivity (Wildman–Crippen MR) is 94.3 cm³/mol. The molecule has 0 aromatic carbocycles. The molecule has 1 fully saturated rings. The minimum atomic E-state index is 0.170. The van der Waals surface area contributed by atoms with Gasteiger partial charge in [-0.25, -0.2) is 0 Å². The second kappa shape index (κ2) is 12.3. The van der Waals surface area contributed by atoms with Crippen LogP contribution in [-0.4, -0.2) is 60.9 Å². The van der Waals surface area contributed by atoms with Gasteiger partial charge in [0.05, 0.1) is 0 Å². The van der Waals surface area contributed by atoms with E-state index in [1.165, 1.54) is 0 Å². The minimum Gasteiger partial charge on any atom is -0.355 e. The van der Waals surface area contributed by atoms with Crippen molar-refractivity contribution in [2.24, 2.45) is 0 Å². The Bertz CT molecular complexity index is 336. The minimum absolute atomic E-state index is 0.170. The number of amides is 2. The van der Waals surface area contributed by atoms with Crippen LogP contribution in [0.3, 0.4) is 0 Å². The third-order valence-electron chi connectivity index (χ3n) is 4.48. The smallest absolute Gasteiger partial charge is 0.222 e. The highest BCUT2D eigenvalue weighted by atomic mass is 16.2. The summed E-state index contributed by atoms with van der Waals surface area (Å²) in [6.45, 7) is 9.41. The molecule has 0 spiro atoms. The topological polar surface area (TPSA) is 52.7 Å². The van der Waals surface area contributed by atoms with Gasteiger partial charge in [-0.15, -0.1) is 0 Å². The van der Waals surface area contributed by atoms with Crippen molar-refractivity contribution in [2.75, 3.05) is 39.3 Å². The lowest BCUT2D eigenvalue weighted by Gasteiger charge is -2.34. The van der Waals surface area contributed by atoms with Crippen molar-refractivity contribution in [1.82, 2.24) is 15.1 Å². The monoisotopic (exact) mass is 325 g/mol. The second-order valence-electron chi connectivity index (χ2n) is 6.49. The summed E-state index contributed by atoms with van der Waals surface area (Å²) < 4.78 is 0. The van der Waals surface area contributed by atoms with Gasteiger partial charge in [-0.05, 0) is 12.8 Å². The van der Waals surface area contributed by atoms with Crippen molar-refractivity contribution < 1.29 is 9.59 Å². The second-order valence-corrected chi connectivity index (χ2v) is 6.49. The quantitative estimate of drug-likeness (QED) is 0.594. The Morgan fingerprint density at radius 2 is 1.48 bits per heavy atom. The van der Waals surface area contributed by atoms with Crippen LogP contribution in [0.2, 0.25) is 0 Å². The van der Waals surface area contributed by atoms with Gasteiger partial charge in [-0.2, -0.15) is 0 Å². The third kappa shape index (κ3) is 8.94. The number of carbonyl (C=O) groups is 2. The number of hydrogen-bond donors (Lipinski definition) is 1. The number of carbonyl (C=O) groups excluding carboxylic acids is 2. The maximum Gasteiger partial charge on any atom is 0.222 e. The van der Waals surface area contributed by atoms with E-state index in [1.807, 2.05) is 4.90 Å². The standard InChI is InChI=1S/C18H35N3O2/c1-3-5-7-9-17(22)19-11-12-20-13-15-21(16-14-20)18(23)10-8-6-4-2/h3-16H2,1-2H3,(H,19,22). The zero-order valence-electron chi connectivity index (χ0n) is 15.1. The first kappa shape index (κ1) is 19.9. The van der Waals surface area contributed by atoms with E-state index in [0.29, 0.717) is 18.7 Å². The van der Waals surface area contributed by atoms with Crippen LogP contribution < -0.4 is 5.32 Å². The van der Waals surface area contributed by atoms with Crippen LogP contribution in [0, 0.1) is 0 Å². The summed E-state index contributed by atoms with van der Waals surface area (Å²) in [5.74, 6) is 0.477. The van der Waals surface area contributed by atoms with Crippen LogP contribution in [0.4, 0.5) is 0 Å². The highest BCUT2D eigenvalue weighted by Crippen LogP contribution is 2.07. The van der Waals surface area contributed by atoms with Crippen LogP contribution in [0.5, 0.6) is 0 Å². The van der Waals surface area contributed by atoms with E-state index in [-0.39, 0.29) is 5.91 Å². The van der Waals surface area contributed by atoms with Gasteiger partial charge >= 0.3 is 0 Å². The molecule has 0 unspecified atom stereocenters. The Labute approximate surface area is 141 Å². The van der Waals surface area contributed by atoms with Gasteiger partial charge in [0, 0.05) is 52.1 Å². The van der Waals surface area contributed by atoms with Crippen molar-refractivity contribution in [3.8, 4) is 0 Å². The van der Waals surface area contributed by atoms with Crippen LogP contribution in [0.25, 0.3) is 0 Å². The first-order valence-corrected chi connectivity index (χ1v) is 9.44. The summed E-state index contributed by atoms with van der Waals surface area (Å²) in [4.78, 5) is 28.0. The van der Waals surface area contributed by atoms with Crippen molar-refractivity contribution in [2.45, 2.75) is 65.2 Å². The van der Waals surface area contributed by atoms with Gasteiger partial charge in [-0.3, -0.25) is 14.5 Å². The van der Waals surface area contributed by atoms with E-state index < -0.39 is 0 Å². The molecule has 5 heteroatoms. The van der Waals surface area contributed by atoms with Crippen molar-refractivity contribution in [3.63, 3.8) is 0 Å². The summed E-state index contributed by atoms with van der Waals surface area (Å²) in [6.07, 6.45) is 7.92. The molecule has 0 saturated carbocycles. The average Bonchev–Trinajstić information content (AvgIpc) is 2.56. The summed E-state index contributed by atoms with van der Waals surface area (Å²) in [6, 6.07) is 0. The first-order chi connectivity index (χ1) is 11.2. The molecule has 0 radical (unpaired) electrons. The summed E-state index contributed by atoms with van der Waals surface area (Å²) in [7, 11) is 0. The molecule has 0 aromatic rings. The SMILES string of the molecule is CCCCCC(=O)NCCN1CCN(C(=O)CCCCC)CC1. The predicted octanol–water partition coefficient (Wildman–Crippen LogP) is 2.41. The Hall–Kier alpha value is -1.10. The molecule has 1 aliphatic rings. The molecule has 0 aliphatic carbocycles. The third-order valence-corrected chi connectivity index (χ3v) is 4.48. The number of piperazine rings is 1. The molecule has 0 atom stereocenters. The molecule has 1 saturated heterocycles. The molecule has 0 aromatic heterocycles. The first-order valence-electron chi connectivity index (χ1n) is 9.44. The normalized spacial score (nSPS) is 15.7. The molecule has 1 aliphatic heterocycles. The number of unbranched alkanes of at least 4 members (excludes halogenated alkanes) is 4. The molecule has 1 N–H and O–H groups in total.